The fraction of sp³-hybridized carbons (Fsp3) is 0.615. The van der Waals surface area contributed by atoms with Crippen LogP contribution >= 0.6 is 11.8 Å². The smallest absolute Gasteiger partial charge is 0.191 e. The third kappa shape index (κ3) is 2.73. The van der Waals surface area contributed by atoms with Crippen molar-refractivity contribution in [3.05, 3.63) is 24.0 Å². The van der Waals surface area contributed by atoms with Crippen LogP contribution in [0, 0.1) is 0 Å². The summed E-state index contributed by atoms with van der Waals surface area (Å²) in [6.45, 7) is 3.51. The van der Waals surface area contributed by atoms with E-state index < -0.39 is 0 Å². The summed E-state index contributed by atoms with van der Waals surface area (Å²) in [6.07, 6.45) is 7.50. The Labute approximate surface area is 122 Å². The summed E-state index contributed by atoms with van der Waals surface area (Å²) in [7, 11) is 0. The van der Waals surface area contributed by atoms with E-state index in [1.54, 1.807) is 11.8 Å². The Hall–Kier alpha value is -1.34. The highest BCUT2D eigenvalue weighted by atomic mass is 32.2. The number of hydrogen-bond acceptors (Lipinski definition) is 5. The average molecular weight is 292 g/mol. The first kappa shape index (κ1) is 13.6. The Morgan fingerprint density at radius 2 is 2.25 bits per heavy atom. The van der Waals surface area contributed by atoms with Crippen LogP contribution in [0.5, 0.6) is 0 Å². The topological polar surface area (TPSA) is 74.6 Å². The van der Waals surface area contributed by atoms with Crippen molar-refractivity contribution in [3.63, 3.8) is 0 Å². The van der Waals surface area contributed by atoms with Gasteiger partial charge in [0.25, 0.3) is 0 Å². The molecule has 0 aliphatic heterocycles. The zero-order chi connectivity index (χ0) is 13.9. The summed E-state index contributed by atoms with van der Waals surface area (Å²) in [6, 6.07) is 0.668. The van der Waals surface area contributed by atoms with Crippen molar-refractivity contribution in [3.8, 4) is 0 Å². The quantitative estimate of drug-likeness (QED) is 0.790. The van der Waals surface area contributed by atoms with E-state index in [4.69, 9.17) is 5.73 Å². The molecule has 2 heterocycles. The molecule has 1 fully saturated rings. The highest BCUT2D eigenvalue weighted by molar-refractivity contribution is 7.98. The van der Waals surface area contributed by atoms with Gasteiger partial charge < -0.3 is 14.9 Å². The Bertz CT molecular complexity index is 571. The first-order chi connectivity index (χ1) is 9.83. The number of imidazole rings is 1. The summed E-state index contributed by atoms with van der Waals surface area (Å²) >= 11 is 1.71. The van der Waals surface area contributed by atoms with E-state index in [0.717, 1.165) is 29.7 Å². The second-order valence-electron chi connectivity index (χ2n) is 5.07. The molecule has 0 amide bonds. The molecule has 108 valence electrons. The number of hydrogen-bond donors (Lipinski definition) is 1. The first-order valence-electron chi connectivity index (χ1n) is 7.09. The molecule has 20 heavy (non-hydrogen) atoms. The molecular weight excluding hydrogens is 272 g/mol. The predicted molar refractivity (Wildman–Crippen MR) is 78.3 cm³/mol. The van der Waals surface area contributed by atoms with Crippen molar-refractivity contribution >= 4 is 11.8 Å². The van der Waals surface area contributed by atoms with Crippen LogP contribution in [0.2, 0.25) is 0 Å². The van der Waals surface area contributed by atoms with Crippen molar-refractivity contribution in [2.75, 3.05) is 0 Å². The van der Waals surface area contributed by atoms with Crippen LogP contribution in [-0.2, 0) is 18.8 Å². The lowest BCUT2D eigenvalue weighted by atomic mass is 10.4. The molecule has 0 bridgehead atoms. The van der Waals surface area contributed by atoms with Crippen LogP contribution in [-0.4, -0.2) is 24.3 Å². The van der Waals surface area contributed by atoms with Gasteiger partial charge in [0, 0.05) is 30.2 Å². The Balaban J connectivity index is 1.71. The zero-order valence-corrected chi connectivity index (χ0v) is 12.5. The van der Waals surface area contributed by atoms with E-state index >= 15 is 0 Å². The average Bonchev–Trinajstić information content (AvgIpc) is 3.07. The van der Waals surface area contributed by atoms with Gasteiger partial charge in [0.15, 0.2) is 5.16 Å². The largest absolute Gasteiger partial charge is 0.331 e. The molecule has 3 rings (SSSR count). The van der Waals surface area contributed by atoms with Crippen molar-refractivity contribution in [2.24, 2.45) is 5.73 Å². The Morgan fingerprint density at radius 1 is 1.40 bits per heavy atom. The van der Waals surface area contributed by atoms with Gasteiger partial charge in [-0.25, -0.2) is 4.98 Å². The lowest BCUT2D eigenvalue weighted by Crippen LogP contribution is -2.09. The van der Waals surface area contributed by atoms with Crippen LogP contribution in [0.1, 0.15) is 43.7 Å². The lowest BCUT2D eigenvalue weighted by molar-refractivity contribution is 0.592. The van der Waals surface area contributed by atoms with Gasteiger partial charge in [0.1, 0.15) is 5.82 Å². The van der Waals surface area contributed by atoms with Crippen molar-refractivity contribution < 1.29 is 0 Å². The molecule has 0 unspecified atom stereocenters. The standard InChI is InChI=1S/C13H20N6S/c1-2-5-18-12(6-14)16-17-13(18)20-8-11-7-15-9-19(11)10-3-4-10/h7,9-10H,2-6,8,14H2,1H3. The highest BCUT2D eigenvalue weighted by Gasteiger charge is 2.25. The Kier molecular flexibility index (Phi) is 4.07. The number of rotatable bonds is 7. The molecular formula is C13H20N6S. The molecule has 1 aliphatic rings. The maximum atomic E-state index is 5.71. The van der Waals surface area contributed by atoms with E-state index in [1.165, 1.54) is 18.5 Å². The van der Waals surface area contributed by atoms with Gasteiger partial charge in [-0.2, -0.15) is 0 Å². The van der Waals surface area contributed by atoms with Gasteiger partial charge in [-0.15, -0.1) is 10.2 Å². The second kappa shape index (κ2) is 5.97. The van der Waals surface area contributed by atoms with E-state index in [1.807, 2.05) is 12.5 Å². The summed E-state index contributed by atoms with van der Waals surface area (Å²) in [5.41, 5.74) is 6.97. The summed E-state index contributed by atoms with van der Waals surface area (Å²) in [5.74, 6) is 1.74. The molecule has 0 saturated heterocycles. The minimum Gasteiger partial charge on any atom is -0.331 e. The van der Waals surface area contributed by atoms with Gasteiger partial charge in [0.05, 0.1) is 12.9 Å². The number of thioether (sulfide) groups is 1. The summed E-state index contributed by atoms with van der Waals surface area (Å²) in [4.78, 5) is 4.26. The number of nitrogens with two attached hydrogens (primary N) is 1. The van der Waals surface area contributed by atoms with Crippen molar-refractivity contribution in [1.29, 1.82) is 0 Å². The van der Waals surface area contributed by atoms with Crippen LogP contribution in [0.4, 0.5) is 0 Å². The molecule has 2 N–H and O–H groups in total. The fourth-order valence-corrected chi connectivity index (χ4v) is 3.24. The minimum absolute atomic E-state index is 0.438. The summed E-state index contributed by atoms with van der Waals surface area (Å²) in [5, 5.41) is 9.38. The molecule has 7 heteroatoms. The fourth-order valence-electron chi connectivity index (χ4n) is 2.29. The van der Waals surface area contributed by atoms with Gasteiger partial charge in [-0.05, 0) is 19.3 Å². The van der Waals surface area contributed by atoms with Gasteiger partial charge in [-0.3, -0.25) is 0 Å². The molecule has 0 aromatic carbocycles. The summed E-state index contributed by atoms with van der Waals surface area (Å²) < 4.78 is 4.42. The van der Waals surface area contributed by atoms with Crippen molar-refractivity contribution in [2.45, 2.75) is 56.2 Å². The maximum Gasteiger partial charge on any atom is 0.191 e. The SMILES string of the molecule is CCCn1c(CN)nnc1SCc1cncn1C1CC1. The second-order valence-corrected chi connectivity index (χ2v) is 6.01. The molecule has 6 nitrogen and oxygen atoms in total. The van der Waals surface area contributed by atoms with Crippen LogP contribution in [0.25, 0.3) is 0 Å². The van der Waals surface area contributed by atoms with Crippen LogP contribution in [0.15, 0.2) is 17.7 Å². The molecule has 2 aromatic rings. The third-order valence-corrected chi connectivity index (χ3v) is 4.46. The van der Waals surface area contributed by atoms with E-state index in [2.05, 4.69) is 31.2 Å². The van der Waals surface area contributed by atoms with Crippen LogP contribution < -0.4 is 5.73 Å². The number of nitrogens with zero attached hydrogens (tertiary/aromatic N) is 5. The van der Waals surface area contributed by atoms with Gasteiger partial charge >= 0.3 is 0 Å². The molecule has 1 aliphatic carbocycles. The van der Waals surface area contributed by atoms with E-state index in [9.17, 15) is 0 Å². The predicted octanol–water partition coefficient (Wildman–Crippen LogP) is 1.97. The normalized spacial score (nSPS) is 14.9. The maximum absolute atomic E-state index is 5.71. The van der Waals surface area contributed by atoms with Gasteiger partial charge in [0.2, 0.25) is 0 Å². The van der Waals surface area contributed by atoms with Crippen LogP contribution in [0.3, 0.4) is 0 Å². The molecule has 2 aromatic heterocycles. The van der Waals surface area contributed by atoms with E-state index in [-0.39, 0.29) is 0 Å². The van der Waals surface area contributed by atoms with E-state index in [0.29, 0.717) is 12.6 Å². The minimum atomic E-state index is 0.438. The van der Waals surface area contributed by atoms with Gasteiger partial charge in [-0.1, -0.05) is 18.7 Å². The van der Waals surface area contributed by atoms with Crippen molar-refractivity contribution in [1.82, 2.24) is 24.3 Å². The molecule has 1 saturated carbocycles. The first-order valence-corrected chi connectivity index (χ1v) is 8.07. The monoisotopic (exact) mass is 292 g/mol. The number of aromatic nitrogens is 5. The zero-order valence-electron chi connectivity index (χ0n) is 11.7. The highest BCUT2D eigenvalue weighted by Crippen LogP contribution is 2.36. The molecule has 0 spiro atoms. The molecule has 0 atom stereocenters. The Morgan fingerprint density at radius 3 is 2.95 bits per heavy atom. The third-order valence-electron chi connectivity index (χ3n) is 3.46. The molecule has 0 radical (unpaired) electrons. The lowest BCUT2D eigenvalue weighted by Gasteiger charge is -2.08.